The van der Waals surface area contributed by atoms with Crippen molar-refractivity contribution in [2.45, 2.75) is 30.2 Å². The molecule has 0 radical (unpaired) electrons. The first-order chi connectivity index (χ1) is 11.4. The molecule has 0 aromatic heterocycles. The van der Waals surface area contributed by atoms with Crippen LogP contribution in [-0.4, -0.2) is 21.4 Å². The third kappa shape index (κ3) is 3.07. The molecule has 24 heavy (non-hydrogen) atoms. The molecule has 2 atom stereocenters. The normalized spacial score (nSPS) is 17.5. The number of amides is 1. The van der Waals surface area contributed by atoms with E-state index in [0.29, 0.717) is 0 Å². The van der Waals surface area contributed by atoms with Crippen LogP contribution in [0.5, 0.6) is 0 Å². The highest BCUT2D eigenvalue weighted by molar-refractivity contribution is 7.89. The van der Waals surface area contributed by atoms with Gasteiger partial charge in [-0.3, -0.25) is 4.79 Å². The van der Waals surface area contributed by atoms with Gasteiger partial charge in [0.1, 0.15) is 0 Å². The van der Waals surface area contributed by atoms with E-state index in [1.54, 1.807) is 24.3 Å². The molecule has 0 bridgehead atoms. The first-order valence-corrected chi connectivity index (χ1v) is 9.32. The van der Waals surface area contributed by atoms with Crippen LogP contribution < -0.4 is 10.0 Å². The quantitative estimate of drug-likeness (QED) is 0.872. The van der Waals surface area contributed by atoms with E-state index in [-0.39, 0.29) is 22.8 Å². The van der Waals surface area contributed by atoms with Crippen LogP contribution in [0.4, 0.5) is 0 Å². The number of fused-ring (bicyclic) bond motifs is 1. The fourth-order valence-electron chi connectivity index (χ4n) is 2.94. The van der Waals surface area contributed by atoms with Gasteiger partial charge in [-0.25, -0.2) is 13.1 Å². The summed E-state index contributed by atoms with van der Waals surface area (Å²) in [6, 6.07) is 14.3. The maximum atomic E-state index is 12.4. The number of nitrogens with one attached hydrogen (secondary N) is 2. The maximum absolute atomic E-state index is 12.4. The van der Waals surface area contributed by atoms with Crippen LogP contribution in [0.25, 0.3) is 0 Å². The fourth-order valence-corrected chi connectivity index (χ4v) is 3.67. The smallest absolute Gasteiger partial charge is 0.240 e. The molecule has 2 N–H and O–H groups in total. The Kier molecular flexibility index (Phi) is 4.43. The largest absolute Gasteiger partial charge is 0.349 e. The van der Waals surface area contributed by atoms with E-state index in [0.717, 1.165) is 17.5 Å². The number of benzene rings is 2. The van der Waals surface area contributed by atoms with Crippen molar-refractivity contribution >= 4 is 15.9 Å². The van der Waals surface area contributed by atoms with Gasteiger partial charge in [0.2, 0.25) is 15.9 Å². The molecule has 5 nitrogen and oxygen atoms in total. The van der Waals surface area contributed by atoms with E-state index in [2.05, 4.69) is 10.0 Å². The van der Waals surface area contributed by atoms with Gasteiger partial charge >= 0.3 is 0 Å². The molecular formula is C18H20N2O3S. The van der Waals surface area contributed by atoms with E-state index in [9.17, 15) is 13.2 Å². The molecule has 0 saturated heterocycles. The summed E-state index contributed by atoms with van der Waals surface area (Å²) in [4.78, 5) is 12.6. The minimum absolute atomic E-state index is 0.00752. The Bertz CT molecular complexity index is 860. The molecular weight excluding hydrogens is 324 g/mol. The van der Waals surface area contributed by atoms with Crippen LogP contribution in [0.1, 0.15) is 35.6 Å². The van der Waals surface area contributed by atoms with Gasteiger partial charge in [-0.2, -0.15) is 0 Å². The minimum atomic E-state index is -3.44. The van der Waals surface area contributed by atoms with Crippen molar-refractivity contribution in [3.05, 3.63) is 65.2 Å². The summed E-state index contributed by atoms with van der Waals surface area (Å²) < 4.78 is 25.7. The highest BCUT2D eigenvalue weighted by atomic mass is 32.2. The molecule has 0 saturated carbocycles. The summed E-state index contributed by atoms with van der Waals surface area (Å²) >= 11 is 0. The zero-order valence-electron chi connectivity index (χ0n) is 13.6. The lowest BCUT2D eigenvalue weighted by Crippen LogP contribution is -2.36. The second-order valence-electron chi connectivity index (χ2n) is 5.96. The molecule has 0 spiro atoms. The fraction of sp³-hybridized carbons (Fsp3) is 0.278. The van der Waals surface area contributed by atoms with Crippen LogP contribution in [0.2, 0.25) is 0 Å². The average molecular weight is 344 g/mol. The number of rotatable bonds is 5. The molecule has 6 heteroatoms. The summed E-state index contributed by atoms with van der Waals surface area (Å²) in [5, 5.41) is 3.01. The van der Waals surface area contributed by atoms with Crippen molar-refractivity contribution < 1.29 is 13.2 Å². The topological polar surface area (TPSA) is 75.3 Å². The zero-order valence-corrected chi connectivity index (χ0v) is 14.4. The van der Waals surface area contributed by atoms with Crippen molar-refractivity contribution in [1.82, 2.24) is 10.0 Å². The van der Waals surface area contributed by atoms with Crippen LogP contribution in [0.3, 0.4) is 0 Å². The molecule has 0 aliphatic heterocycles. The Hall–Kier alpha value is -2.18. The van der Waals surface area contributed by atoms with Gasteiger partial charge in [-0.05, 0) is 49.2 Å². The molecule has 1 amide bonds. The molecule has 2 aromatic rings. The van der Waals surface area contributed by atoms with Crippen molar-refractivity contribution in [1.29, 1.82) is 0 Å². The molecule has 2 aromatic carbocycles. The maximum Gasteiger partial charge on any atom is 0.240 e. The van der Waals surface area contributed by atoms with Gasteiger partial charge in [0.15, 0.2) is 0 Å². The molecule has 1 aliphatic carbocycles. The van der Waals surface area contributed by atoms with Crippen LogP contribution in [0, 0.1) is 0 Å². The van der Waals surface area contributed by atoms with Crippen molar-refractivity contribution in [3.8, 4) is 0 Å². The Balaban J connectivity index is 1.67. The standard InChI is InChI=1S/C18H20N2O3S/c1-12(13-7-9-15(10-8-13)24(22,23)19-2)20-18(21)17-11-14-5-3-4-6-16(14)17/h3-10,12,17,19H,11H2,1-2H3,(H,20,21)/t12-,17+/m0/s1. The summed E-state index contributed by atoms with van der Waals surface area (Å²) in [6.45, 7) is 1.89. The summed E-state index contributed by atoms with van der Waals surface area (Å²) in [7, 11) is -2.07. The number of hydrogen-bond acceptors (Lipinski definition) is 3. The van der Waals surface area contributed by atoms with E-state index in [1.807, 2.05) is 31.2 Å². The van der Waals surface area contributed by atoms with Crippen molar-refractivity contribution in [3.63, 3.8) is 0 Å². The molecule has 0 heterocycles. The number of hydrogen-bond donors (Lipinski definition) is 2. The molecule has 126 valence electrons. The van der Waals surface area contributed by atoms with Crippen LogP contribution in [-0.2, 0) is 21.2 Å². The van der Waals surface area contributed by atoms with Gasteiger partial charge < -0.3 is 5.32 Å². The summed E-state index contributed by atoms with van der Waals surface area (Å²) in [6.07, 6.45) is 0.772. The Morgan fingerprint density at radius 2 is 1.79 bits per heavy atom. The lowest BCUT2D eigenvalue weighted by molar-refractivity contribution is -0.123. The Morgan fingerprint density at radius 1 is 1.12 bits per heavy atom. The Labute approximate surface area is 142 Å². The number of sulfonamides is 1. The molecule has 1 aliphatic rings. The third-order valence-electron chi connectivity index (χ3n) is 4.49. The molecule has 3 rings (SSSR count). The monoisotopic (exact) mass is 344 g/mol. The second-order valence-corrected chi connectivity index (χ2v) is 7.85. The van der Waals surface area contributed by atoms with Crippen molar-refractivity contribution in [2.24, 2.45) is 0 Å². The predicted octanol–water partition coefficient (Wildman–Crippen LogP) is 2.11. The van der Waals surface area contributed by atoms with Gasteiger partial charge in [0.05, 0.1) is 16.9 Å². The first kappa shape index (κ1) is 16.7. The van der Waals surface area contributed by atoms with E-state index >= 15 is 0 Å². The minimum Gasteiger partial charge on any atom is -0.349 e. The predicted molar refractivity (Wildman–Crippen MR) is 92.1 cm³/mol. The van der Waals surface area contributed by atoms with E-state index < -0.39 is 10.0 Å². The third-order valence-corrected chi connectivity index (χ3v) is 5.92. The number of carbonyl (C=O) groups is 1. The summed E-state index contributed by atoms with van der Waals surface area (Å²) in [5.74, 6) is -0.0827. The molecule has 0 unspecified atom stereocenters. The lowest BCUT2D eigenvalue weighted by Gasteiger charge is -2.30. The van der Waals surface area contributed by atoms with E-state index in [1.165, 1.54) is 12.6 Å². The van der Waals surface area contributed by atoms with E-state index in [4.69, 9.17) is 0 Å². The number of carbonyl (C=O) groups excluding carboxylic acids is 1. The molecule has 0 fully saturated rings. The highest BCUT2D eigenvalue weighted by Gasteiger charge is 2.32. The van der Waals surface area contributed by atoms with Gasteiger partial charge in [-0.15, -0.1) is 0 Å². The van der Waals surface area contributed by atoms with Gasteiger partial charge in [0, 0.05) is 0 Å². The average Bonchev–Trinajstić information content (AvgIpc) is 2.56. The van der Waals surface area contributed by atoms with Crippen molar-refractivity contribution in [2.75, 3.05) is 7.05 Å². The van der Waals surface area contributed by atoms with Gasteiger partial charge in [0.25, 0.3) is 0 Å². The second kappa shape index (κ2) is 6.37. The lowest BCUT2D eigenvalue weighted by atomic mass is 9.77. The summed E-state index contributed by atoms with van der Waals surface area (Å²) in [5.41, 5.74) is 3.19. The SMILES string of the molecule is CNS(=O)(=O)c1ccc([C@H](C)NC(=O)[C@@H]2Cc3ccccc32)cc1. The zero-order chi connectivity index (χ0) is 17.3. The highest BCUT2D eigenvalue weighted by Crippen LogP contribution is 2.35. The van der Waals surface area contributed by atoms with Crippen LogP contribution in [0.15, 0.2) is 53.4 Å². The first-order valence-electron chi connectivity index (χ1n) is 7.84. The Morgan fingerprint density at radius 3 is 2.42 bits per heavy atom. The van der Waals surface area contributed by atoms with Gasteiger partial charge in [-0.1, -0.05) is 36.4 Å². The van der Waals surface area contributed by atoms with Crippen LogP contribution >= 0.6 is 0 Å².